The Kier molecular flexibility index (Phi) is 6.84. The lowest BCUT2D eigenvalue weighted by atomic mass is 10.1. The SMILES string of the molecule is CCOc1cc(/C=C2\C(=O)NC(=S)N(c3ccccc3F)C2=O)cc(Cl)c1OCC#N. The smallest absolute Gasteiger partial charge is 0.270 e. The molecular formula is C21H15ClFN3O4S. The molecule has 0 saturated carbocycles. The van der Waals surface area contributed by atoms with Crippen LogP contribution in [0.4, 0.5) is 10.1 Å². The van der Waals surface area contributed by atoms with E-state index in [9.17, 15) is 14.0 Å². The van der Waals surface area contributed by atoms with Gasteiger partial charge in [-0.3, -0.25) is 14.9 Å². The highest BCUT2D eigenvalue weighted by Gasteiger charge is 2.35. The van der Waals surface area contributed by atoms with Crippen molar-refractivity contribution in [3.05, 3.63) is 58.4 Å². The number of hydrogen-bond donors (Lipinski definition) is 1. The standard InChI is InChI=1S/C21H15ClFN3O4S/c1-2-29-17-11-12(10-14(22)18(17)30-8-7-24)9-13-19(27)25-21(31)26(20(13)28)16-6-4-3-5-15(16)23/h3-6,9-11H,2,8H2,1H3,(H,25,27,31)/b13-9+. The zero-order valence-corrected chi connectivity index (χ0v) is 17.7. The van der Waals surface area contributed by atoms with Gasteiger partial charge < -0.3 is 9.47 Å². The molecule has 1 saturated heterocycles. The van der Waals surface area contributed by atoms with Crippen molar-refractivity contribution >= 4 is 52.5 Å². The van der Waals surface area contributed by atoms with Crippen LogP contribution in [-0.4, -0.2) is 30.1 Å². The summed E-state index contributed by atoms with van der Waals surface area (Å²) < 4.78 is 25.1. The van der Waals surface area contributed by atoms with E-state index in [4.69, 9.17) is 38.6 Å². The fourth-order valence-corrected chi connectivity index (χ4v) is 3.40. The molecule has 158 valence electrons. The van der Waals surface area contributed by atoms with Gasteiger partial charge in [-0.05, 0) is 55.0 Å². The molecule has 0 spiro atoms. The topological polar surface area (TPSA) is 91.7 Å². The van der Waals surface area contributed by atoms with E-state index < -0.39 is 17.6 Å². The molecule has 1 fully saturated rings. The molecule has 1 aliphatic rings. The third-order valence-electron chi connectivity index (χ3n) is 4.12. The second-order valence-electron chi connectivity index (χ2n) is 6.12. The summed E-state index contributed by atoms with van der Waals surface area (Å²) in [6.07, 6.45) is 1.29. The molecule has 1 heterocycles. The molecule has 0 radical (unpaired) electrons. The van der Waals surface area contributed by atoms with Crippen LogP contribution in [0, 0.1) is 17.1 Å². The number of rotatable bonds is 6. The van der Waals surface area contributed by atoms with Crippen LogP contribution in [0.25, 0.3) is 6.08 Å². The number of nitrogens with zero attached hydrogens (tertiary/aromatic N) is 2. The van der Waals surface area contributed by atoms with Crippen molar-refractivity contribution in [1.82, 2.24) is 5.32 Å². The largest absolute Gasteiger partial charge is 0.490 e. The highest BCUT2D eigenvalue weighted by Crippen LogP contribution is 2.37. The van der Waals surface area contributed by atoms with Crippen LogP contribution in [0.1, 0.15) is 12.5 Å². The molecule has 3 rings (SSSR count). The fraction of sp³-hybridized carbons (Fsp3) is 0.143. The number of hydrogen-bond acceptors (Lipinski definition) is 6. The zero-order chi connectivity index (χ0) is 22.5. The first kappa shape index (κ1) is 22.2. The molecule has 0 atom stereocenters. The first-order valence-corrected chi connectivity index (χ1v) is 9.78. The van der Waals surface area contributed by atoms with Gasteiger partial charge >= 0.3 is 0 Å². The number of thiocarbonyl (C=S) groups is 1. The molecule has 0 aromatic heterocycles. The van der Waals surface area contributed by atoms with Crippen LogP contribution >= 0.6 is 23.8 Å². The lowest BCUT2D eigenvalue weighted by Gasteiger charge is -2.29. The lowest BCUT2D eigenvalue weighted by Crippen LogP contribution is -2.54. The monoisotopic (exact) mass is 459 g/mol. The van der Waals surface area contributed by atoms with Gasteiger partial charge in [0.15, 0.2) is 23.2 Å². The summed E-state index contributed by atoms with van der Waals surface area (Å²) in [5, 5.41) is 11.0. The minimum Gasteiger partial charge on any atom is -0.490 e. The van der Waals surface area contributed by atoms with Gasteiger partial charge in [0.05, 0.1) is 17.3 Å². The van der Waals surface area contributed by atoms with Crippen LogP contribution in [0.2, 0.25) is 5.02 Å². The van der Waals surface area contributed by atoms with E-state index in [-0.39, 0.29) is 46.1 Å². The number of nitriles is 1. The summed E-state index contributed by atoms with van der Waals surface area (Å²) in [6, 6.07) is 10.4. The van der Waals surface area contributed by atoms with Gasteiger partial charge in [0.1, 0.15) is 17.5 Å². The Balaban J connectivity index is 2.04. The second-order valence-corrected chi connectivity index (χ2v) is 6.91. The molecule has 1 aliphatic heterocycles. The molecule has 7 nitrogen and oxygen atoms in total. The van der Waals surface area contributed by atoms with E-state index >= 15 is 0 Å². The third-order valence-corrected chi connectivity index (χ3v) is 4.68. The van der Waals surface area contributed by atoms with Gasteiger partial charge in [0.25, 0.3) is 11.8 Å². The minimum absolute atomic E-state index is 0.0864. The third kappa shape index (κ3) is 4.66. The van der Waals surface area contributed by atoms with E-state index in [2.05, 4.69) is 5.32 Å². The molecule has 2 aromatic rings. The molecular weight excluding hydrogens is 445 g/mol. The van der Waals surface area contributed by atoms with Crippen LogP contribution < -0.4 is 19.7 Å². The maximum Gasteiger partial charge on any atom is 0.270 e. The van der Waals surface area contributed by atoms with Crippen LogP contribution in [0.3, 0.4) is 0 Å². The Morgan fingerprint density at radius 2 is 2.03 bits per heavy atom. The van der Waals surface area contributed by atoms with Crippen molar-refractivity contribution in [3.63, 3.8) is 0 Å². The van der Waals surface area contributed by atoms with Crippen molar-refractivity contribution in [3.8, 4) is 17.6 Å². The minimum atomic E-state index is -0.794. The van der Waals surface area contributed by atoms with Crippen molar-refractivity contribution in [2.45, 2.75) is 6.92 Å². The van der Waals surface area contributed by atoms with E-state index in [0.29, 0.717) is 5.56 Å². The molecule has 1 N–H and O–H groups in total. The normalized spacial score (nSPS) is 15.0. The molecule has 2 aromatic carbocycles. The number of carbonyl (C=O) groups excluding carboxylic acids is 2. The molecule has 31 heavy (non-hydrogen) atoms. The lowest BCUT2D eigenvalue weighted by molar-refractivity contribution is -0.122. The molecule has 0 bridgehead atoms. The molecule has 10 heteroatoms. The maximum atomic E-state index is 14.3. The first-order chi connectivity index (χ1) is 14.9. The predicted octanol–water partition coefficient (Wildman–Crippen LogP) is 3.61. The Labute approximate surface area is 187 Å². The summed E-state index contributed by atoms with van der Waals surface area (Å²) in [5.74, 6) is -1.79. The van der Waals surface area contributed by atoms with Crippen molar-refractivity contribution in [1.29, 1.82) is 5.26 Å². The number of amides is 2. The number of para-hydroxylation sites is 1. The number of ether oxygens (including phenoxy) is 2. The molecule has 0 aliphatic carbocycles. The summed E-state index contributed by atoms with van der Waals surface area (Å²) in [7, 11) is 0. The van der Waals surface area contributed by atoms with Gasteiger partial charge in [-0.2, -0.15) is 5.26 Å². The number of benzene rings is 2. The van der Waals surface area contributed by atoms with Gasteiger partial charge in [0, 0.05) is 0 Å². The number of halogens is 2. The number of anilines is 1. The van der Waals surface area contributed by atoms with E-state index in [1.807, 2.05) is 6.07 Å². The highest BCUT2D eigenvalue weighted by atomic mass is 35.5. The van der Waals surface area contributed by atoms with Gasteiger partial charge in [-0.25, -0.2) is 9.29 Å². The fourth-order valence-electron chi connectivity index (χ4n) is 2.85. The molecule has 0 unspecified atom stereocenters. The maximum absolute atomic E-state index is 14.3. The highest BCUT2D eigenvalue weighted by molar-refractivity contribution is 7.80. The van der Waals surface area contributed by atoms with E-state index in [0.717, 1.165) is 4.90 Å². The number of carbonyl (C=O) groups is 2. The Hall–Kier alpha value is -3.48. The summed E-state index contributed by atoms with van der Waals surface area (Å²) in [4.78, 5) is 26.4. The summed E-state index contributed by atoms with van der Waals surface area (Å²) >= 11 is 11.3. The quantitative estimate of drug-likeness (QED) is 0.403. The average molecular weight is 460 g/mol. The average Bonchev–Trinajstić information content (AvgIpc) is 2.72. The van der Waals surface area contributed by atoms with E-state index in [1.165, 1.54) is 36.4 Å². The van der Waals surface area contributed by atoms with Crippen molar-refractivity contribution in [2.24, 2.45) is 0 Å². The van der Waals surface area contributed by atoms with Crippen molar-refractivity contribution in [2.75, 3.05) is 18.1 Å². The Bertz CT molecular complexity index is 1150. The second kappa shape index (κ2) is 9.55. The van der Waals surface area contributed by atoms with Crippen molar-refractivity contribution < 1.29 is 23.5 Å². The van der Waals surface area contributed by atoms with E-state index in [1.54, 1.807) is 13.0 Å². The van der Waals surface area contributed by atoms with Crippen LogP contribution in [0.5, 0.6) is 11.5 Å². The van der Waals surface area contributed by atoms with Gasteiger partial charge in [0.2, 0.25) is 0 Å². The Morgan fingerprint density at radius 1 is 1.29 bits per heavy atom. The summed E-state index contributed by atoms with van der Waals surface area (Å²) in [5.41, 5.74) is -0.00434. The first-order valence-electron chi connectivity index (χ1n) is 8.99. The van der Waals surface area contributed by atoms with Crippen LogP contribution in [-0.2, 0) is 9.59 Å². The predicted molar refractivity (Wildman–Crippen MR) is 116 cm³/mol. The number of nitrogens with one attached hydrogen (secondary N) is 1. The van der Waals surface area contributed by atoms with Crippen LogP contribution in [0.15, 0.2) is 42.0 Å². The summed E-state index contributed by atoms with van der Waals surface area (Å²) in [6.45, 7) is 1.79. The van der Waals surface area contributed by atoms with Gasteiger partial charge in [-0.15, -0.1) is 0 Å². The Morgan fingerprint density at radius 3 is 2.71 bits per heavy atom. The zero-order valence-electron chi connectivity index (χ0n) is 16.1. The van der Waals surface area contributed by atoms with Gasteiger partial charge in [-0.1, -0.05) is 23.7 Å². The molecule has 2 amide bonds.